The van der Waals surface area contributed by atoms with Gasteiger partial charge < -0.3 is 28.4 Å². The van der Waals surface area contributed by atoms with Crippen molar-refractivity contribution in [2.75, 3.05) is 19.8 Å². The second-order valence-electron chi connectivity index (χ2n) is 11.5. The third-order valence-corrected chi connectivity index (χ3v) is 8.74. The monoisotopic (exact) mass is 620 g/mol. The number of carbonyl (C=O) groups is 3. The van der Waals surface area contributed by atoms with Crippen LogP contribution >= 0.6 is 0 Å². The van der Waals surface area contributed by atoms with E-state index in [-0.39, 0.29) is 38.1 Å². The molecule has 3 aliphatic rings. The van der Waals surface area contributed by atoms with Gasteiger partial charge in [0, 0.05) is 18.8 Å². The molecule has 234 valence electrons. The van der Waals surface area contributed by atoms with Gasteiger partial charge in [0.05, 0.1) is 6.42 Å². The van der Waals surface area contributed by atoms with E-state index in [1.54, 1.807) is 0 Å². The Balaban J connectivity index is 0.956. The minimum Gasteiger partial charge on any atom is -0.436 e. The molecule has 2 aliphatic carbocycles. The maximum Gasteiger partial charge on any atom is 0.508 e. The van der Waals surface area contributed by atoms with Crippen LogP contribution in [0.2, 0.25) is 0 Å². The van der Waals surface area contributed by atoms with Crippen LogP contribution in [0.15, 0.2) is 97.1 Å². The Morgan fingerprint density at radius 2 is 1.00 bits per heavy atom. The number of esters is 1. The van der Waals surface area contributed by atoms with Crippen molar-refractivity contribution < 1.29 is 42.8 Å². The number of rotatable bonds is 8. The van der Waals surface area contributed by atoms with Gasteiger partial charge in [-0.1, -0.05) is 97.1 Å². The van der Waals surface area contributed by atoms with E-state index in [4.69, 9.17) is 28.4 Å². The molecule has 0 spiro atoms. The topological polar surface area (TPSA) is 107 Å². The molecule has 1 aliphatic heterocycles. The first-order valence-electron chi connectivity index (χ1n) is 15.3. The molecule has 3 atom stereocenters. The highest BCUT2D eigenvalue weighted by atomic mass is 16.8. The summed E-state index contributed by atoms with van der Waals surface area (Å²) in [5.74, 6) is -0.815. The lowest BCUT2D eigenvalue weighted by molar-refractivity contribution is -0.175. The van der Waals surface area contributed by atoms with Crippen LogP contribution in [0.25, 0.3) is 22.3 Å². The van der Waals surface area contributed by atoms with Gasteiger partial charge in [0.15, 0.2) is 0 Å². The van der Waals surface area contributed by atoms with Crippen LogP contribution in [-0.4, -0.2) is 56.6 Å². The van der Waals surface area contributed by atoms with Crippen molar-refractivity contribution >= 4 is 18.3 Å². The summed E-state index contributed by atoms with van der Waals surface area (Å²) in [6.45, 7) is 1.14. The largest absolute Gasteiger partial charge is 0.508 e. The summed E-state index contributed by atoms with van der Waals surface area (Å²) in [4.78, 5) is 37.2. The lowest BCUT2D eigenvalue weighted by Gasteiger charge is -2.20. The predicted molar refractivity (Wildman–Crippen MR) is 166 cm³/mol. The van der Waals surface area contributed by atoms with Gasteiger partial charge in [-0.2, -0.15) is 0 Å². The molecule has 0 N–H and O–H groups in total. The maximum absolute atomic E-state index is 12.9. The van der Waals surface area contributed by atoms with E-state index in [1.165, 1.54) is 6.92 Å². The average Bonchev–Trinajstić information content (AvgIpc) is 3.71. The molecule has 0 amide bonds. The quantitative estimate of drug-likeness (QED) is 0.153. The minimum absolute atomic E-state index is 0.0580. The van der Waals surface area contributed by atoms with Crippen molar-refractivity contribution in [1.82, 2.24) is 0 Å². The maximum atomic E-state index is 12.9. The zero-order valence-corrected chi connectivity index (χ0v) is 25.1. The number of fused-ring (bicyclic) bond motifs is 6. The van der Waals surface area contributed by atoms with Crippen molar-refractivity contribution in [3.63, 3.8) is 0 Å². The Labute approximate surface area is 265 Å². The summed E-state index contributed by atoms with van der Waals surface area (Å²) in [5.41, 5.74) is 8.76. The van der Waals surface area contributed by atoms with Gasteiger partial charge in [-0.15, -0.1) is 0 Å². The SMILES string of the molecule is CC(=O)OC1C[C@@H](OC(=O)OCC2c3ccccc3-c3ccccc32)[C@@H](COC(=O)OCC2c3ccccc3-c3ccccc32)O1. The fraction of sp³-hybridized carbons (Fsp3) is 0.270. The Morgan fingerprint density at radius 1 is 0.587 bits per heavy atom. The van der Waals surface area contributed by atoms with Crippen molar-refractivity contribution in [3.8, 4) is 22.3 Å². The number of carbonyl (C=O) groups excluding carboxylic acids is 3. The van der Waals surface area contributed by atoms with E-state index in [2.05, 4.69) is 24.3 Å². The zero-order chi connectivity index (χ0) is 31.6. The molecule has 0 radical (unpaired) electrons. The van der Waals surface area contributed by atoms with E-state index in [9.17, 15) is 14.4 Å². The fourth-order valence-electron chi connectivity index (χ4n) is 6.74. The van der Waals surface area contributed by atoms with Gasteiger partial charge in [0.1, 0.15) is 32.0 Å². The van der Waals surface area contributed by atoms with Crippen molar-refractivity contribution in [1.29, 1.82) is 0 Å². The first kappa shape index (κ1) is 29.6. The third-order valence-electron chi connectivity index (χ3n) is 8.74. The normalized spacial score (nSPS) is 19.4. The Bertz CT molecular complexity index is 1690. The number of ether oxygens (including phenoxy) is 6. The highest BCUT2D eigenvalue weighted by Gasteiger charge is 2.41. The van der Waals surface area contributed by atoms with Crippen molar-refractivity contribution in [2.45, 2.75) is 43.7 Å². The van der Waals surface area contributed by atoms with Crippen LogP contribution in [0, 0.1) is 0 Å². The molecular formula is C37H32O9. The minimum atomic E-state index is -0.972. The van der Waals surface area contributed by atoms with Crippen LogP contribution in [0.5, 0.6) is 0 Å². The second kappa shape index (κ2) is 12.7. The Kier molecular flexibility index (Phi) is 8.15. The molecule has 0 aromatic heterocycles. The molecule has 1 fully saturated rings. The molecule has 1 unspecified atom stereocenters. The van der Waals surface area contributed by atoms with Gasteiger partial charge in [-0.05, 0) is 44.5 Å². The lowest BCUT2D eigenvalue weighted by Crippen LogP contribution is -2.33. The number of hydrogen-bond donors (Lipinski definition) is 0. The first-order chi connectivity index (χ1) is 22.5. The highest BCUT2D eigenvalue weighted by Crippen LogP contribution is 2.45. The summed E-state index contributed by atoms with van der Waals surface area (Å²) in [5, 5.41) is 0. The third kappa shape index (κ3) is 5.81. The van der Waals surface area contributed by atoms with E-state index in [0.717, 1.165) is 44.5 Å². The van der Waals surface area contributed by atoms with Crippen LogP contribution in [0.4, 0.5) is 9.59 Å². The number of benzene rings is 4. The molecule has 1 heterocycles. The van der Waals surface area contributed by atoms with Crippen molar-refractivity contribution in [3.05, 3.63) is 119 Å². The van der Waals surface area contributed by atoms with Gasteiger partial charge in [-0.25, -0.2) is 9.59 Å². The smallest absolute Gasteiger partial charge is 0.436 e. The van der Waals surface area contributed by atoms with Gasteiger partial charge >= 0.3 is 18.3 Å². The summed E-state index contributed by atoms with van der Waals surface area (Å²) in [7, 11) is 0. The van der Waals surface area contributed by atoms with Crippen LogP contribution in [0.1, 0.15) is 47.4 Å². The van der Waals surface area contributed by atoms with Crippen LogP contribution in [0.3, 0.4) is 0 Å². The molecule has 46 heavy (non-hydrogen) atoms. The number of hydrogen-bond acceptors (Lipinski definition) is 9. The molecule has 9 heteroatoms. The predicted octanol–water partition coefficient (Wildman–Crippen LogP) is 6.96. The molecule has 9 nitrogen and oxygen atoms in total. The van der Waals surface area contributed by atoms with Gasteiger partial charge in [0.25, 0.3) is 0 Å². The fourth-order valence-corrected chi connectivity index (χ4v) is 6.74. The molecule has 1 saturated heterocycles. The molecule has 0 bridgehead atoms. The summed E-state index contributed by atoms with van der Waals surface area (Å²) >= 11 is 0. The van der Waals surface area contributed by atoms with Gasteiger partial charge in [-0.3, -0.25) is 4.79 Å². The standard InChI is InChI=1S/C37H32O9/c1-22(38)44-35-18-33(46-37(40)42-20-32-29-16-8-4-12-25(29)26-13-5-9-17-30(26)32)34(45-35)21-43-36(39)41-19-31-27-14-6-2-10-23(27)24-11-3-7-15-28(24)31/h2-17,31-35H,18-21H2,1H3/t33-,34-,35?/m1/s1. The summed E-state index contributed by atoms with van der Waals surface area (Å²) in [6, 6.07) is 32.1. The van der Waals surface area contributed by atoms with E-state index in [0.29, 0.717) is 0 Å². The van der Waals surface area contributed by atoms with Crippen molar-refractivity contribution in [2.24, 2.45) is 0 Å². The zero-order valence-electron chi connectivity index (χ0n) is 25.1. The van der Waals surface area contributed by atoms with E-state index >= 15 is 0 Å². The Hall–Kier alpha value is -5.15. The molecular weight excluding hydrogens is 588 g/mol. The first-order valence-corrected chi connectivity index (χ1v) is 15.3. The molecule has 4 aromatic carbocycles. The van der Waals surface area contributed by atoms with E-state index < -0.39 is 36.8 Å². The highest BCUT2D eigenvalue weighted by molar-refractivity contribution is 5.80. The van der Waals surface area contributed by atoms with Crippen LogP contribution in [-0.2, 0) is 33.2 Å². The molecule has 4 aromatic rings. The molecule has 7 rings (SSSR count). The van der Waals surface area contributed by atoms with Gasteiger partial charge in [0.2, 0.25) is 6.29 Å². The lowest BCUT2D eigenvalue weighted by atomic mass is 9.98. The summed E-state index contributed by atoms with van der Waals surface area (Å²) < 4.78 is 33.1. The van der Waals surface area contributed by atoms with E-state index in [1.807, 2.05) is 72.8 Å². The average molecular weight is 621 g/mol. The van der Waals surface area contributed by atoms with Crippen LogP contribution < -0.4 is 0 Å². The second-order valence-corrected chi connectivity index (χ2v) is 11.5. The summed E-state index contributed by atoms with van der Waals surface area (Å²) in [6.07, 6.45) is -4.49. The Morgan fingerprint density at radius 3 is 1.46 bits per heavy atom. The molecule has 0 saturated carbocycles.